The van der Waals surface area contributed by atoms with Crippen molar-refractivity contribution in [3.63, 3.8) is 0 Å². The number of anilines is 1. The van der Waals surface area contributed by atoms with Crippen molar-refractivity contribution < 1.29 is 9.59 Å². The number of fused-ring (bicyclic) bond motifs is 1. The first-order chi connectivity index (χ1) is 15.7. The Labute approximate surface area is 193 Å². The van der Waals surface area contributed by atoms with Gasteiger partial charge >= 0.3 is 0 Å². The molecule has 3 aromatic rings. The van der Waals surface area contributed by atoms with Gasteiger partial charge in [0.15, 0.2) is 5.65 Å². The number of pyridine rings is 2. The molecule has 33 heavy (non-hydrogen) atoms. The highest BCUT2D eigenvalue weighted by atomic mass is 16.2. The van der Waals surface area contributed by atoms with E-state index in [-0.39, 0.29) is 29.2 Å². The van der Waals surface area contributed by atoms with E-state index in [9.17, 15) is 14.4 Å². The van der Waals surface area contributed by atoms with Gasteiger partial charge in [-0.15, -0.1) is 0 Å². The Bertz CT molecular complexity index is 1200. The molecule has 3 aromatic heterocycles. The topological polar surface area (TPSA) is 98.1 Å². The average Bonchev–Trinajstić information content (AvgIpc) is 2.80. The Morgan fingerprint density at radius 3 is 2.48 bits per heavy atom. The van der Waals surface area contributed by atoms with Gasteiger partial charge < -0.3 is 4.79 Å². The first kappa shape index (κ1) is 24.2. The summed E-state index contributed by atoms with van der Waals surface area (Å²) < 4.78 is 1.66. The van der Waals surface area contributed by atoms with Crippen LogP contribution >= 0.6 is 0 Å². The maximum absolute atomic E-state index is 13.7. The third-order valence-corrected chi connectivity index (χ3v) is 5.65. The van der Waals surface area contributed by atoms with Gasteiger partial charge in [-0.1, -0.05) is 26.8 Å². The van der Waals surface area contributed by atoms with E-state index in [1.54, 1.807) is 43.8 Å². The van der Waals surface area contributed by atoms with E-state index in [4.69, 9.17) is 4.98 Å². The number of rotatable bonds is 9. The van der Waals surface area contributed by atoms with Crippen molar-refractivity contribution in [3.8, 4) is 0 Å². The Hall–Kier alpha value is -3.42. The first-order valence-corrected chi connectivity index (χ1v) is 11.3. The molecule has 0 aromatic carbocycles. The molecule has 0 N–H and O–H groups in total. The lowest BCUT2D eigenvalue weighted by atomic mass is 9.99. The molecule has 3 rings (SSSR count). The van der Waals surface area contributed by atoms with Gasteiger partial charge in [0.2, 0.25) is 5.91 Å². The molecule has 0 radical (unpaired) electrons. The minimum Gasteiger partial charge on any atom is -0.300 e. The lowest BCUT2D eigenvalue weighted by molar-refractivity contribution is -0.118. The van der Waals surface area contributed by atoms with Crippen LogP contribution in [0.2, 0.25) is 0 Å². The van der Waals surface area contributed by atoms with Crippen LogP contribution in [0.25, 0.3) is 11.2 Å². The summed E-state index contributed by atoms with van der Waals surface area (Å²) in [6, 6.07) is 8.79. The third kappa shape index (κ3) is 5.32. The molecule has 3 heterocycles. The highest BCUT2D eigenvalue weighted by molar-refractivity contribution is 5.92. The summed E-state index contributed by atoms with van der Waals surface area (Å²) in [5.74, 6) is 0.500. The molecule has 0 bridgehead atoms. The highest BCUT2D eigenvalue weighted by Crippen LogP contribution is 2.27. The summed E-state index contributed by atoms with van der Waals surface area (Å²) in [6.45, 7) is 7.40. The van der Waals surface area contributed by atoms with Gasteiger partial charge in [-0.05, 0) is 49.9 Å². The average molecular weight is 450 g/mol. The number of aryl methyl sites for hydroxylation is 1. The zero-order valence-electron chi connectivity index (χ0n) is 19.9. The molecule has 1 atom stereocenters. The first-order valence-electron chi connectivity index (χ1n) is 11.3. The molecule has 0 saturated carbocycles. The monoisotopic (exact) mass is 449 g/mol. The van der Waals surface area contributed by atoms with Crippen LogP contribution < -0.4 is 10.5 Å². The van der Waals surface area contributed by atoms with Crippen molar-refractivity contribution in [1.82, 2.24) is 19.5 Å². The van der Waals surface area contributed by atoms with E-state index in [1.165, 1.54) is 4.90 Å². The van der Waals surface area contributed by atoms with Crippen LogP contribution in [0.15, 0.2) is 41.3 Å². The van der Waals surface area contributed by atoms with E-state index in [0.29, 0.717) is 48.4 Å². The normalized spacial score (nSPS) is 12.2. The molecule has 0 unspecified atom stereocenters. The molecular formula is C25H31N5O3. The number of hydrogen-bond acceptors (Lipinski definition) is 6. The lowest BCUT2D eigenvalue weighted by Gasteiger charge is -2.25. The lowest BCUT2D eigenvalue weighted by Crippen LogP contribution is -2.34. The van der Waals surface area contributed by atoms with Gasteiger partial charge in [-0.25, -0.2) is 9.97 Å². The van der Waals surface area contributed by atoms with Crippen molar-refractivity contribution in [2.45, 2.75) is 59.4 Å². The number of hydrogen-bond donors (Lipinski definition) is 0. The van der Waals surface area contributed by atoms with Crippen LogP contribution in [0.3, 0.4) is 0 Å². The minimum atomic E-state index is -0.370. The number of amides is 1. The maximum Gasteiger partial charge on any atom is 0.274 e. The largest absolute Gasteiger partial charge is 0.300 e. The van der Waals surface area contributed by atoms with Crippen LogP contribution in [-0.4, -0.2) is 38.3 Å². The molecule has 0 saturated heterocycles. The molecule has 0 aliphatic heterocycles. The van der Waals surface area contributed by atoms with Gasteiger partial charge in [-0.3, -0.25) is 24.0 Å². The summed E-state index contributed by atoms with van der Waals surface area (Å²) in [5.41, 5.74) is 1.88. The molecule has 0 fully saturated rings. The predicted octanol–water partition coefficient (Wildman–Crippen LogP) is 3.72. The summed E-state index contributed by atoms with van der Waals surface area (Å²) in [7, 11) is 1.67. The van der Waals surface area contributed by atoms with Crippen LogP contribution in [0.1, 0.15) is 64.4 Å². The smallest absolute Gasteiger partial charge is 0.274 e. The fourth-order valence-corrected chi connectivity index (χ4v) is 3.92. The summed E-state index contributed by atoms with van der Waals surface area (Å²) in [5, 5.41) is 0. The van der Waals surface area contributed by atoms with Crippen molar-refractivity contribution in [3.05, 3.63) is 58.3 Å². The van der Waals surface area contributed by atoms with Gasteiger partial charge in [0.1, 0.15) is 22.8 Å². The Balaban J connectivity index is 2.26. The third-order valence-electron chi connectivity index (χ3n) is 5.65. The fraction of sp³-hybridized carbons (Fsp3) is 0.440. The number of ketones is 1. The second kappa shape index (κ2) is 10.5. The molecule has 8 nitrogen and oxygen atoms in total. The second-order valence-electron chi connectivity index (χ2n) is 8.55. The second-order valence-corrected chi connectivity index (χ2v) is 8.55. The number of carbonyl (C=O) groups excluding carboxylic acids is 2. The fourth-order valence-electron chi connectivity index (χ4n) is 3.92. The maximum atomic E-state index is 13.7. The molecular weight excluding hydrogens is 418 g/mol. The van der Waals surface area contributed by atoms with Crippen LogP contribution in [0.5, 0.6) is 0 Å². The van der Waals surface area contributed by atoms with Crippen LogP contribution in [-0.2, 0) is 16.0 Å². The van der Waals surface area contributed by atoms with Crippen LogP contribution in [0.4, 0.5) is 5.82 Å². The van der Waals surface area contributed by atoms with Crippen molar-refractivity contribution >= 4 is 28.7 Å². The molecule has 8 heteroatoms. The summed E-state index contributed by atoms with van der Waals surface area (Å²) >= 11 is 0. The van der Waals surface area contributed by atoms with Gasteiger partial charge in [-0.2, -0.15) is 0 Å². The zero-order valence-corrected chi connectivity index (χ0v) is 19.9. The Kier molecular flexibility index (Phi) is 7.68. The van der Waals surface area contributed by atoms with E-state index in [2.05, 4.69) is 9.97 Å². The quantitative estimate of drug-likeness (QED) is 0.494. The number of Topliss-reactive ketones (excluding diaryl/α,β-unsaturated/α-hetero) is 1. The predicted molar refractivity (Wildman–Crippen MR) is 128 cm³/mol. The molecule has 174 valence electrons. The van der Waals surface area contributed by atoms with Gasteiger partial charge in [0.05, 0.1) is 11.7 Å². The van der Waals surface area contributed by atoms with E-state index in [0.717, 1.165) is 5.69 Å². The van der Waals surface area contributed by atoms with Crippen molar-refractivity contribution in [2.75, 3.05) is 11.9 Å². The highest BCUT2D eigenvalue weighted by Gasteiger charge is 2.26. The number of nitrogens with zero attached hydrogens (tertiary/aromatic N) is 5. The van der Waals surface area contributed by atoms with E-state index in [1.807, 2.05) is 32.0 Å². The van der Waals surface area contributed by atoms with E-state index >= 15 is 0 Å². The molecule has 1 amide bonds. The van der Waals surface area contributed by atoms with Crippen molar-refractivity contribution in [2.24, 2.45) is 5.92 Å². The Morgan fingerprint density at radius 1 is 1.12 bits per heavy atom. The van der Waals surface area contributed by atoms with Crippen LogP contribution in [0, 0.1) is 5.92 Å². The zero-order chi connectivity index (χ0) is 24.1. The minimum absolute atomic E-state index is 0.0359. The van der Waals surface area contributed by atoms with Gasteiger partial charge in [0, 0.05) is 26.1 Å². The van der Waals surface area contributed by atoms with E-state index < -0.39 is 0 Å². The van der Waals surface area contributed by atoms with Crippen molar-refractivity contribution in [1.29, 1.82) is 0 Å². The standard InChI is InChI=1S/C25H31N5O3/c1-6-22(32)29(5)21-14-13-19-24(28-21)30(23(16(2)3)18-11-7-8-15-26-18)25(33)20(27-19)12-9-10-17(4)31/h7-8,11,13-16,23H,6,9-10,12H2,1-5H3/t23-/m0/s1. The molecule has 0 spiro atoms. The summed E-state index contributed by atoms with van der Waals surface area (Å²) in [6.07, 6.45) is 3.40. The molecule has 0 aliphatic carbocycles. The number of aromatic nitrogens is 4. The number of carbonyl (C=O) groups is 2. The molecule has 0 aliphatic rings. The Morgan fingerprint density at radius 2 is 1.88 bits per heavy atom. The SMILES string of the molecule is CCC(=O)N(C)c1ccc2nc(CCCC(C)=O)c(=O)n([C@H](c3ccccn3)C(C)C)c2n1. The van der Waals surface area contributed by atoms with Gasteiger partial charge in [0.25, 0.3) is 5.56 Å². The summed E-state index contributed by atoms with van der Waals surface area (Å²) in [4.78, 5) is 52.7.